The lowest BCUT2D eigenvalue weighted by Gasteiger charge is -2.24. The van der Waals surface area contributed by atoms with Gasteiger partial charge in [-0.1, -0.05) is 0 Å². The van der Waals surface area contributed by atoms with Gasteiger partial charge in [-0.3, -0.25) is 4.79 Å². The van der Waals surface area contributed by atoms with Crippen LogP contribution in [-0.4, -0.2) is 46.8 Å². The van der Waals surface area contributed by atoms with Crippen molar-refractivity contribution in [3.63, 3.8) is 0 Å². The molecule has 24 heavy (non-hydrogen) atoms. The SMILES string of the molecule is COc1ccc(C(=O)N2CCC[C@@H]2CO)cc1-n1c(C)ccc1C. The highest BCUT2D eigenvalue weighted by Gasteiger charge is 2.29. The van der Waals surface area contributed by atoms with Crippen molar-refractivity contribution < 1.29 is 14.6 Å². The average Bonchev–Trinajstić information content (AvgIpc) is 3.20. The van der Waals surface area contributed by atoms with Crippen LogP contribution in [-0.2, 0) is 0 Å². The van der Waals surface area contributed by atoms with Crippen LogP contribution in [0, 0.1) is 13.8 Å². The van der Waals surface area contributed by atoms with Crippen LogP contribution in [0.3, 0.4) is 0 Å². The van der Waals surface area contributed by atoms with Gasteiger partial charge in [0.15, 0.2) is 0 Å². The van der Waals surface area contributed by atoms with E-state index in [4.69, 9.17) is 4.74 Å². The van der Waals surface area contributed by atoms with E-state index in [9.17, 15) is 9.90 Å². The van der Waals surface area contributed by atoms with Crippen molar-refractivity contribution in [1.29, 1.82) is 0 Å². The zero-order chi connectivity index (χ0) is 17.3. The summed E-state index contributed by atoms with van der Waals surface area (Å²) in [5, 5.41) is 9.47. The lowest BCUT2D eigenvalue weighted by molar-refractivity contribution is 0.0677. The second-order valence-corrected chi connectivity index (χ2v) is 6.32. The molecule has 3 rings (SSSR count). The highest BCUT2D eigenvalue weighted by atomic mass is 16.5. The van der Waals surface area contributed by atoms with Crippen LogP contribution in [0.5, 0.6) is 5.75 Å². The van der Waals surface area contributed by atoms with Gasteiger partial charge in [-0.2, -0.15) is 0 Å². The fourth-order valence-corrected chi connectivity index (χ4v) is 3.50. The molecule has 1 aromatic heterocycles. The molecule has 0 aliphatic carbocycles. The van der Waals surface area contributed by atoms with Gasteiger partial charge in [0.2, 0.25) is 0 Å². The highest BCUT2D eigenvalue weighted by Crippen LogP contribution is 2.29. The Balaban J connectivity index is 2.02. The molecule has 2 heterocycles. The lowest BCUT2D eigenvalue weighted by Crippen LogP contribution is -2.37. The molecule has 5 nitrogen and oxygen atoms in total. The molecule has 128 valence electrons. The quantitative estimate of drug-likeness (QED) is 0.939. The molecular formula is C19H24N2O3. The predicted molar refractivity (Wildman–Crippen MR) is 92.9 cm³/mol. The fourth-order valence-electron chi connectivity index (χ4n) is 3.50. The van der Waals surface area contributed by atoms with Gasteiger partial charge in [0, 0.05) is 23.5 Å². The van der Waals surface area contributed by atoms with E-state index >= 15 is 0 Å². The third kappa shape index (κ3) is 2.80. The van der Waals surface area contributed by atoms with Crippen LogP contribution in [0.15, 0.2) is 30.3 Å². The zero-order valence-corrected chi connectivity index (χ0v) is 14.5. The summed E-state index contributed by atoms with van der Waals surface area (Å²) in [4.78, 5) is 14.7. The van der Waals surface area contributed by atoms with E-state index in [1.165, 1.54) is 0 Å². The first-order chi connectivity index (χ1) is 11.6. The summed E-state index contributed by atoms with van der Waals surface area (Å²) in [6.45, 7) is 4.78. The van der Waals surface area contributed by atoms with Gasteiger partial charge in [0.1, 0.15) is 5.75 Å². The van der Waals surface area contributed by atoms with Crippen molar-refractivity contribution >= 4 is 5.91 Å². The highest BCUT2D eigenvalue weighted by molar-refractivity contribution is 5.95. The second-order valence-electron chi connectivity index (χ2n) is 6.32. The van der Waals surface area contributed by atoms with Crippen LogP contribution in [0.25, 0.3) is 5.69 Å². The minimum atomic E-state index is -0.0712. The Hall–Kier alpha value is -2.27. The van der Waals surface area contributed by atoms with Gasteiger partial charge in [0.05, 0.1) is 25.4 Å². The minimum absolute atomic E-state index is 0.0184. The van der Waals surface area contributed by atoms with E-state index in [-0.39, 0.29) is 18.6 Å². The molecule has 1 fully saturated rings. The largest absolute Gasteiger partial charge is 0.495 e. The third-order valence-corrected chi connectivity index (χ3v) is 4.79. The number of carbonyl (C=O) groups excluding carboxylic acids is 1. The molecule has 1 aliphatic rings. The summed E-state index contributed by atoms with van der Waals surface area (Å²) >= 11 is 0. The van der Waals surface area contributed by atoms with Gasteiger partial charge in [0.25, 0.3) is 5.91 Å². The Morgan fingerprint density at radius 1 is 1.25 bits per heavy atom. The van der Waals surface area contributed by atoms with Gasteiger partial charge >= 0.3 is 0 Å². The number of aryl methyl sites for hydroxylation is 2. The number of carbonyl (C=O) groups is 1. The first kappa shape index (κ1) is 16.6. The van der Waals surface area contributed by atoms with Gasteiger partial charge in [-0.25, -0.2) is 0 Å². The molecule has 1 saturated heterocycles. The zero-order valence-electron chi connectivity index (χ0n) is 14.5. The summed E-state index contributed by atoms with van der Waals surface area (Å²) in [7, 11) is 1.64. The van der Waals surface area contributed by atoms with Crippen LogP contribution in [0.2, 0.25) is 0 Å². The predicted octanol–water partition coefficient (Wildman–Crippen LogP) is 2.70. The second kappa shape index (κ2) is 6.69. The normalized spacial score (nSPS) is 17.3. The topological polar surface area (TPSA) is 54.7 Å². The van der Waals surface area contributed by atoms with Crippen molar-refractivity contribution in [3.05, 3.63) is 47.3 Å². The van der Waals surface area contributed by atoms with Gasteiger partial charge < -0.3 is 19.3 Å². The Labute approximate surface area is 142 Å². The summed E-state index contributed by atoms with van der Waals surface area (Å²) in [6.07, 6.45) is 1.80. The van der Waals surface area contributed by atoms with Gasteiger partial charge in [-0.15, -0.1) is 0 Å². The first-order valence-electron chi connectivity index (χ1n) is 8.32. The summed E-state index contributed by atoms with van der Waals surface area (Å²) in [6, 6.07) is 9.54. The van der Waals surface area contributed by atoms with E-state index in [1.54, 1.807) is 18.1 Å². The molecular weight excluding hydrogens is 304 g/mol. The molecule has 1 N–H and O–H groups in total. The lowest BCUT2D eigenvalue weighted by atomic mass is 10.1. The van der Waals surface area contributed by atoms with Crippen molar-refractivity contribution in [2.45, 2.75) is 32.7 Å². The molecule has 0 saturated carbocycles. The molecule has 1 amide bonds. The summed E-state index contributed by atoms with van der Waals surface area (Å²) in [5.41, 5.74) is 3.66. The number of hydrogen-bond donors (Lipinski definition) is 1. The van der Waals surface area contributed by atoms with Gasteiger partial charge in [-0.05, 0) is 57.0 Å². The number of benzene rings is 1. The molecule has 0 unspecified atom stereocenters. The number of ether oxygens (including phenoxy) is 1. The van der Waals surface area contributed by atoms with Crippen LogP contribution < -0.4 is 4.74 Å². The Morgan fingerprint density at radius 2 is 1.96 bits per heavy atom. The molecule has 0 radical (unpaired) electrons. The minimum Gasteiger partial charge on any atom is -0.495 e. The molecule has 5 heteroatoms. The van der Waals surface area contributed by atoms with Crippen molar-refractivity contribution in [3.8, 4) is 11.4 Å². The van der Waals surface area contributed by atoms with Crippen molar-refractivity contribution in [2.24, 2.45) is 0 Å². The molecule has 1 aromatic carbocycles. The summed E-state index contributed by atoms with van der Waals surface area (Å²) < 4.78 is 7.58. The van der Waals surface area contributed by atoms with E-state index in [0.29, 0.717) is 12.1 Å². The van der Waals surface area contributed by atoms with Crippen LogP contribution in [0.4, 0.5) is 0 Å². The number of rotatable bonds is 4. The van der Waals surface area contributed by atoms with Crippen LogP contribution >= 0.6 is 0 Å². The monoisotopic (exact) mass is 328 g/mol. The van der Waals surface area contributed by atoms with Crippen molar-refractivity contribution in [1.82, 2.24) is 9.47 Å². The van der Waals surface area contributed by atoms with E-state index in [0.717, 1.165) is 35.7 Å². The maximum absolute atomic E-state index is 12.9. The molecule has 0 spiro atoms. The number of methoxy groups -OCH3 is 1. The summed E-state index contributed by atoms with van der Waals surface area (Å²) in [5.74, 6) is 0.701. The van der Waals surface area contributed by atoms with E-state index < -0.39 is 0 Å². The molecule has 1 aliphatic heterocycles. The number of aliphatic hydroxyl groups excluding tert-OH is 1. The van der Waals surface area contributed by atoms with Crippen molar-refractivity contribution in [2.75, 3.05) is 20.3 Å². The Morgan fingerprint density at radius 3 is 2.58 bits per heavy atom. The maximum Gasteiger partial charge on any atom is 0.254 e. The van der Waals surface area contributed by atoms with Crippen LogP contribution in [0.1, 0.15) is 34.6 Å². The number of amides is 1. The third-order valence-electron chi connectivity index (χ3n) is 4.79. The Bertz CT molecular complexity index is 732. The number of hydrogen-bond acceptors (Lipinski definition) is 3. The average molecular weight is 328 g/mol. The molecule has 1 atom stereocenters. The number of aromatic nitrogens is 1. The standard InChI is InChI=1S/C19H24N2O3/c1-13-6-7-14(2)21(13)17-11-15(8-9-18(17)24-3)19(23)20-10-4-5-16(20)12-22/h6-9,11,16,22H,4-5,10,12H2,1-3H3/t16-/m1/s1. The molecule has 2 aromatic rings. The Kier molecular flexibility index (Phi) is 4.62. The van der Waals surface area contributed by atoms with E-state index in [2.05, 4.69) is 4.57 Å². The maximum atomic E-state index is 12.9. The number of likely N-dealkylation sites (tertiary alicyclic amines) is 1. The van der Waals surface area contributed by atoms with E-state index in [1.807, 2.05) is 38.1 Å². The smallest absolute Gasteiger partial charge is 0.254 e. The number of aliphatic hydroxyl groups is 1. The number of nitrogens with zero attached hydrogens (tertiary/aromatic N) is 2. The first-order valence-corrected chi connectivity index (χ1v) is 8.32. The molecule has 0 bridgehead atoms. The fraction of sp³-hybridized carbons (Fsp3) is 0.421.